The maximum atomic E-state index is 6.33. The standard InChI is InChI=1S/C17H16ClN3/c1-19-11-14-12-20-21(16-10-6-5-9-15(16)18)17(14)13-7-3-2-4-8-13/h2-10,12,19H,11H2,1H3. The molecule has 2 aromatic carbocycles. The van der Waals surface area contributed by atoms with Crippen LogP contribution in [0.3, 0.4) is 0 Å². The van der Waals surface area contributed by atoms with Gasteiger partial charge in [0.1, 0.15) is 0 Å². The molecule has 0 aliphatic carbocycles. The summed E-state index contributed by atoms with van der Waals surface area (Å²) in [5.74, 6) is 0. The maximum Gasteiger partial charge on any atom is 0.0839 e. The fourth-order valence-corrected chi connectivity index (χ4v) is 2.63. The third-order valence-electron chi connectivity index (χ3n) is 3.34. The summed E-state index contributed by atoms with van der Waals surface area (Å²) in [5.41, 5.74) is 4.22. The van der Waals surface area contributed by atoms with Crippen LogP contribution in [0.1, 0.15) is 5.56 Å². The molecule has 0 radical (unpaired) electrons. The Balaban J connectivity index is 2.21. The van der Waals surface area contributed by atoms with Crippen molar-refractivity contribution >= 4 is 11.6 Å². The number of halogens is 1. The van der Waals surface area contributed by atoms with Crippen molar-refractivity contribution in [2.75, 3.05) is 7.05 Å². The smallest absolute Gasteiger partial charge is 0.0839 e. The lowest BCUT2D eigenvalue weighted by molar-refractivity contribution is 0.819. The van der Waals surface area contributed by atoms with Crippen LogP contribution in [-0.2, 0) is 6.54 Å². The number of rotatable bonds is 4. The average molecular weight is 298 g/mol. The fourth-order valence-electron chi connectivity index (χ4n) is 2.41. The molecule has 0 amide bonds. The summed E-state index contributed by atoms with van der Waals surface area (Å²) >= 11 is 6.33. The maximum absolute atomic E-state index is 6.33. The minimum atomic E-state index is 0.689. The van der Waals surface area contributed by atoms with Gasteiger partial charge in [0.2, 0.25) is 0 Å². The minimum Gasteiger partial charge on any atom is -0.316 e. The molecule has 4 heteroatoms. The van der Waals surface area contributed by atoms with Crippen LogP contribution < -0.4 is 5.32 Å². The molecule has 0 aliphatic heterocycles. The summed E-state index contributed by atoms with van der Waals surface area (Å²) in [6, 6.07) is 18.0. The molecule has 0 saturated carbocycles. The van der Waals surface area contributed by atoms with Gasteiger partial charge in [0, 0.05) is 17.7 Å². The largest absolute Gasteiger partial charge is 0.316 e. The number of nitrogens with one attached hydrogen (secondary N) is 1. The van der Waals surface area contributed by atoms with Gasteiger partial charge in [-0.15, -0.1) is 0 Å². The van der Waals surface area contributed by atoms with E-state index in [4.69, 9.17) is 11.6 Å². The first-order chi connectivity index (χ1) is 10.3. The van der Waals surface area contributed by atoms with Gasteiger partial charge in [-0.3, -0.25) is 0 Å². The predicted molar refractivity (Wildman–Crippen MR) is 86.8 cm³/mol. The SMILES string of the molecule is CNCc1cnn(-c2ccccc2Cl)c1-c1ccccc1. The summed E-state index contributed by atoms with van der Waals surface area (Å²) in [7, 11) is 1.93. The first-order valence-electron chi connectivity index (χ1n) is 6.83. The van der Waals surface area contributed by atoms with Crippen LogP contribution in [0.4, 0.5) is 0 Å². The summed E-state index contributed by atoms with van der Waals surface area (Å²) in [4.78, 5) is 0. The number of hydrogen-bond acceptors (Lipinski definition) is 2. The second-order valence-corrected chi connectivity index (χ2v) is 5.19. The molecule has 0 atom stereocenters. The van der Waals surface area contributed by atoms with E-state index < -0.39 is 0 Å². The van der Waals surface area contributed by atoms with E-state index in [9.17, 15) is 0 Å². The lowest BCUT2D eigenvalue weighted by Crippen LogP contribution is -2.07. The van der Waals surface area contributed by atoms with Crippen LogP contribution in [-0.4, -0.2) is 16.8 Å². The molecule has 0 bridgehead atoms. The van der Waals surface area contributed by atoms with E-state index in [1.807, 2.05) is 60.4 Å². The molecule has 3 aromatic rings. The average Bonchev–Trinajstić information content (AvgIpc) is 2.92. The molecule has 106 valence electrons. The van der Waals surface area contributed by atoms with Crippen molar-refractivity contribution in [1.29, 1.82) is 0 Å². The Morgan fingerprint density at radius 3 is 2.48 bits per heavy atom. The molecular formula is C17H16ClN3. The van der Waals surface area contributed by atoms with E-state index in [1.165, 1.54) is 0 Å². The van der Waals surface area contributed by atoms with Gasteiger partial charge in [0.05, 0.1) is 22.6 Å². The summed E-state index contributed by atoms with van der Waals surface area (Å²) < 4.78 is 1.91. The van der Waals surface area contributed by atoms with Crippen LogP contribution in [0.25, 0.3) is 16.9 Å². The molecule has 21 heavy (non-hydrogen) atoms. The molecular weight excluding hydrogens is 282 g/mol. The Hall–Kier alpha value is -2.10. The highest BCUT2D eigenvalue weighted by Gasteiger charge is 2.15. The van der Waals surface area contributed by atoms with E-state index in [2.05, 4.69) is 22.5 Å². The minimum absolute atomic E-state index is 0.689. The molecule has 1 heterocycles. The Kier molecular flexibility index (Phi) is 4.04. The van der Waals surface area contributed by atoms with E-state index in [-0.39, 0.29) is 0 Å². The number of nitrogens with zero attached hydrogens (tertiary/aromatic N) is 2. The summed E-state index contributed by atoms with van der Waals surface area (Å²) in [5, 5.41) is 8.41. The van der Waals surface area contributed by atoms with Crippen molar-refractivity contribution in [2.45, 2.75) is 6.54 Å². The first kappa shape index (κ1) is 13.9. The molecule has 0 unspecified atom stereocenters. The highest BCUT2D eigenvalue weighted by atomic mass is 35.5. The Morgan fingerprint density at radius 1 is 1.05 bits per heavy atom. The zero-order valence-electron chi connectivity index (χ0n) is 11.8. The quantitative estimate of drug-likeness (QED) is 0.791. The lowest BCUT2D eigenvalue weighted by Gasteiger charge is -2.11. The van der Waals surface area contributed by atoms with Gasteiger partial charge in [-0.05, 0) is 19.2 Å². The molecule has 3 rings (SSSR count). The van der Waals surface area contributed by atoms with Gasteiger partial charge in [0.25, 0.3) is 0 Å². The zero-order valence-corrected chi connectivity index (χ0v) is 12.5. The normalized spacial score (nSPS) is 10.8. The Labute approximate surface area is 129 Å². The van der Waals surface area contributed by atoms with Crippen molar-refractivity contribution in [2.24, 2.45) is 0 Å². The monoisotopic (exact) mass is 297 g/mol. The Morgan fingerprint density at radius 2 is 1.76 bits per heavy atom. The van der Waals surface area contributed by atoms with Crippen molar-refractivity contribution in [3.63, 3.8) is 0 Å². The predicted octanol–water partition coefficient (Wildman–Crippen LogP) is 3.91. The van der Waals surface area contributed by atoms with E-state index in [1.54, 1.807) is 0 Å². The number of hydrogen-bond donors (Lipinski definition) is 1. The highest BCUT2D eigenvalue weighted by molar-refractivity contribution is 6.32. The lowest BCUT2D eigenvalue weighted by atomic mass is 10.1. The molecule has 1 N–H and O–H groups in total. The number of benzene rings is 2. The summed E-state index contributed by atoms with van der Waals surface area (Å²) in [6.07, 6.45) is 1.89. The van der Waals surface area contributed by atoms with Crippen LogP contribution in [0.15, 0.2) is 60.8 Å². The third-order valence-corrected chi connectivity index (χ3v) is 3.66. The van der Waals surface area contributed by atoms with E-state index in [0.29, 0.717) is 5.02 Å². The third kappa shape index (κ3) is 2.71. The summed E-state index contributed by atoms with van der Waals surface area (Å²) in [6.45, 7) is 0.759. The van der Waals surface area contributed by atoms with Gasteiger partial charge in [-0.25, -0.2) is 4.68 Å². The molecule has 0 saturated heterocycles. The highest BCUT2D eigenvalue weighted by Crippen LogP contribution is 2.29. The van der Waals surface area contributed by atoms with Gasteiger partial charge in [-0.2, -0.15) is 5.10 Å². The second-order valence-electron chi connectivity index (χ2n) is 4.78. The van der Waals surface area contributed by atoms with Crippen molar-refractivity contribution in [3.05, 3.63) is 71.4 Å². The van der Waals surface area contributed by atoms with Crippen LogP contribution in [0.2, 0.25) is 5.02 Å². The molecule has 0 spiro atoms. The molecule has 0 aliphatic rings. The van der Waals surface area contributed by atoms with Crippen molar-refractivity contribution in [3.8, 4) is 16.9 Å². The number of para-hydroxylation sites is 1. The van der Waals surface area contributed by atoms with Crippen molar-refractivity contribution < 1.29 is 0 Å². The molecule has 0 fully saturated rings. The molecule has 3 nitrogen and oxygen atoms in total. The molecule has 1 aromatic heterocycles. The second kappa shape index (κ2) is 6.12. The van der Waals surface area contributed by atoms with E-state index in [0.717, 1.165) is 29.1 Å². The number of aromatic nitrogens is 2. The van der Waals surface area contributed by atoms with E-state index >= 15 is 0 Å². The van der Waals surface area contributed by atoms with Gasteiger partial charge < -0.3 is 5.32 Å². The van der Waals surface area contributed by atoms with Crippen LogP contribution >= 0.6 is 11.6 Å². The topological polar surface area (TPSA) is 29.9 Å². The van der Waals surface area contributed by atoms with Crippen LogP contribution in [0.5, 0.6) is 0 Å². The van der Waals surface area contributed by atoms with Crippen LogP contribution in [0, 0.1) is 0 Å². The Bertz CT molecular complexity index is 735. The van der Waals surface area contributed by atoms with Gasteiger partial charge in [-0.1, -0.05) is 54.1 Å². The van der Waals surface area contributed by atoms with Gasteiger partial charge in [0.15, 0.2) is 0 Å². The zero-order chi connectivity index (χ0) is 14.7. The first-order valence-corrected chi connectivity index (χ1v) is 7.21. The fraction of sp³-hybridized carbons (Fsp3) is 0.118. The van der Waals surface area contributed by atoms with Crippen molar-refractivity contribution in [1.82, 2.24) is 15.1 Å². The van der Waals surface area contributed by atoms with Gasteiger partial charge >= 0.3 is 0 Å².